The van der Waals surface area contributed by atoms with Crippen LogP contribution in [0.5, 0.6) is 0 Å². The number of rotatable bonds is 3. The van der Waals surface area contributed by atoms with E-state index < -0.39 is 25.1 Å². The van der Waals surface area contributed by atoms with Gasteiger partial charge in [-0.1, -0.05) is 0 Å². The number of sulfonamides is 1. The lowest BCUT2D eigenvalue weighted by molar-refractivity contribution is 0.344. The summed E-state index contributed by atoms with van der Waals surface area (Å²) in [5, 5.41) is -0.466. The Kier molecular flexibility index (Phi) is 4.02. The average molecular weight is 276 g/mol. The Labute approximate surface area is 95.4 Å². The minimum absolute atomic E-state index is 0.0554. The summed E-state index contributed by atoms with van der Waals surface area (Å²) in [5.74, 6) is 0.111. The van der Waals surface area contributed by atoms with Gasteiger partial charge in [0.2, 0.25) is 10.0 Å². The minimum Gasteiger partial charge on any atom is -0.229 e. The van der Waals surface area contributed by atoms with Gasteiger partial charge in [0.1, 0.15) is 15.0 Å². The molecule has 1 saturated heterocycles. The maximum atomic E-state index is 11.4. The second-order valence-corrected chi connectivity index (χ2v) is 8.54. The van der Waals surface area contributed by atoms with E-state index in [2.05, 4.69) is 0 Å². The van der Waals surface area contributed by atoms with Crippen LogP contribution in [0.15, 0.2) is 0 Å². The van der Waals surface area contributed by atoms with Crippen LogP contribution in [-0.4, -0.2) is 50.9 Å². The fraction of sp³-hybridized carbons (Fsp3) is 1.00. The van der Waals surface area contributed by atoms with Crippen molar-refractivity contribution in [3.8, 4) is 0 Å². The summed E-state index contributed by atoms with van der Waals surface area (Å²) in [7, 11) is -4.94. The number of halogens is 1. The van der Waals surface area contributed by atoms with Gasteiger partial charge in [0.25, 0.3) is 0 Å². The molecular formula is C7H14ClNO4S2. The molecule has 1 fully saturated rings. The predicted octanol–water partition coefficient (Wildman–Crippen LogP) is 0.0215. The van der Waals surface area contributed by atoms with Crippen LogP contribution in [0.2, 0.25) is 0 Å². The van der Waals surface area contributed by atoms with E-state index in [4.69, 9.17) is 11.6 Å². The highest BCUT2D eigenvalue weighted by Crippen LogP contribution is 2.19. The van der Waals surface area contributed by atoms with Gasteiger partial charge in [0.15, 0.2) is 0 Å². The van der Waals surface area contributed by atoms with Crippen LogP contribution < -0.4 is 0 Å². The first-order valence-electron chi connectivity index (χ1n) is 4.50. The summed E-state index contributed by atoms with van der Waals surface area (Å²) < 4.78 is 46.3. The molecule has 0 aromatic heterocycles. The van der Waals surface area contributed by atoms with Crippen LogP contribution in [-0.2, 0) is 19.9 Å². The van der Waals surface area contributed by atoms with Crippen molar-refractivity contribution in [1.29, 1.82) is 0 Å². The lowest BCUT2D eigenvalue weighted by atomic mass is 10.2. The topological polar surface area (TPSA) is 71.5 Å². The summed E-state index contributed by atoms with van der Waals surface area (Å²) in [6, 6.07) is -0.239. The van der Waals surface area contributed by atoms with Crippen LogP contribution in [0, 0.1) is 0 Å². The Morgan fingerprint density at radius 2 is 1.80 bits per heavy atom. The van der Waals surface area contributed by atoms with E-state index in [1.54, 1.807) is 0 Å². The Morgan fingerprint density at radius 1 is 1.33 bits per heavy atom. The molecule has 8 heteroatoms. The molecule has 0 radical (unpaired) electrons. The smallest absolute Gasteiger partial charge is 0.228 e. The molecule has 1 aliphatic rings. The average Bonchev–Trinajstić information content (AvgIpc) is 2.17. The molecule has 0 N–H and O–H groups in total. The van der Waals surface area contributed by atoms with E-state index in [-0.39, 0.29) is 17.5 Å². The molecule has 0 bridgehead atoms. The summed E-state index contributed by atoms with van der Waals surface area (Å²) >= 11 is 5.32. The number of hydrogen-bond acceptors (Lipinski definition) is 4. The van der Waals surface area contributed by atoms with Crippen LogP contribution >= 0.6 is 11.6 Å². The molecule has 0 aromatic rings. The van der Waals surface area contributed by atoms with Gasteiger partial charge in [0, 0.05) is 13.1 Å². The zero-order chi connectivity index (χ0) is 11.7. The first-order valence-corrected chi connectivity index (χ1v) is 8.47. The number of nitrogens with zero attached hydrogens (tertiary/aromatic N) is 1. The molecule has 0 aromatic carbocycles. The van der Waals surface area contributed by atoms with Gasteiger partial charge in [-0.05, 0) is 12.8 Å². The third kappa shape index (κ3) is 3.30. The molecule has 0 amide bonds. The Morgan fingerprint density at radius 3 is 2.20 bits per heavy atom. The zero-order valence-corrected chi connectivity index (χ0v) is 10.8. The molecule has 5 nitrogen and oxygen atoms in total. The largest absolute Gasteiger partial charge is 0.229 e. The van der Waals surface area contributed by atoms with Crippen molar-refractivity contribution in [3.63, 3.8) is 0 Å². The number of sulfone groups is 1. The van der Waals surface area contributed by atoms with E-state index in [1.807, 2.05) is 0 Å². The van der Waals surface area contributed by atoms with Crippen LogP contribution in [0.4, 0.5) is 0 Å². The Bertz CT molecular complexity index is 402. The summed E-state index contributed by atoms with van der Waals surface area (Å²) in [6.07, 6.45) is 0.712. The van der Waals surface area contributed by atoms with Gasteiger partial charge >= 0.3 is 0 Å². The van der Waals surface area contributed by atoms with Crippen LogP contribution in [0.1, 0.15) is 12.8 Å². The Balaban J connectivity index is 2.70. The lowest BCUT2D eigenvalue weighted by Crippen LogP contribution is -2.42. The maximum Gasteiger partial charge on any atom is 0.228 e. The van der Waals surface area contributed by atoms with E-state index in [0.717, 1.165) is 0 Å². The molecule has 0 unspecified atom stereocenters. The highest BCUT2D eigenvalue weighted by molar-refractivity contribution is 7.91. The van der Waals surface area contributed by atoms with Crippen molar-refractivity contribution in [1.82, 2.24) is 4.31 Å². The van der Waals surface area contributed by atoms with Crippen molar-refractivity contribution < 1.29 is 16.8 Å². The Hall–Kier alpha value is 0.150. The SMILES string of the molecule is CN(C1CCS(=O)(=O)CC1)S(=O)(=O)CCl. The molecule has 0 atom stereocenters. The van der Waals surface area contributed by atoms with Crippen molar-refractivity contribution in [2.24, 2.45) is 0 Å². The monoisotopic (exact) mass is 275 g/mol. The lowest BCUT2D eigenvalue weighted by Gasteiger charge is -2.29. The third-order valence-electron chi connectivity index (χ3n) is 2.62. The van der Waals surface area contributed by atoms with E-state index in [0.29, 0.717) is 12.8 Å². The minimum atomic E-state index is -3.43. The number of alkyl halides is 1. The van der Waals surface area contributed by atoms with Crippen molar-refractivity contribution in [3.05, 3.63) is 0 Å². The van der Waals surface area contributed by atoms with Crippen molar-refractivity contribution in [2.45, 2.75) is 18.9 Å². The predicted molar refractivity (Wildman–Crippen MR) is 59.1 cm³/mol. The second kappa shape index (κ2) is 4.57. The first kappa shape index (κ1) is 13.2. The van der Waals surface area contributed by atoms with E-state index >= 15 is 0 Å². The highest BCUT2D eigenvalue weighted by atomic mass is 35.5. The fourth-order valence-corrected chi connectivity index (χ4v) is 4.29. The van der Waals surface area contributed by atoms with Gasteiger partial charge in [0.05, 0.1) is 11.5 Å². The maximum absolute atomic E-state index is 11.4. The zero-order valence-electron chi connectivity index (χ0n) is 8.39. The molecule has 15 heavy (non-hydrogen) atoms. The normalized spacial score (nSPS) is 23.1. The number of hydrogen-bond donors (Lipinski definition) is 0. The molecule has 0 spiro atoms. The van der Waals surface area contributed by atoms with Gasteiger partial charge in [-0.3, -0.25) is 0 Å². The van der Waals surface area contributed by atoms with Crippen LogP contribution in [0.25, 0.3) is 0 Å². The standard InChI is InChI=1S/C7H14ClNO4S2/c1-9(15(12,13)6-8)7-2-4-14(10,11)5-3-7/h7H,2-6H2,1H3. The molecule has 1 aliphatic heterocycles. The van der Waals surface area contributed by atoms with Gasteiger partial charge in [-0.2, -0.15) is 0 Å². The third-order valence-corrected chi connectivity index (χ3v) is 6.61. The van der Waals surface area contributed by atoms with Crippen molar-refractivity contribution >= 4 is 31.5 Å². The van der Waals surface area contributed by atoms with Gasteiger partial charge in [-0.15, -0.1) is 11.6 Å². The van der Waals surface area contributed by atoms with E-state index in [1.165, 1.54) is 11.4 Å². The summed E-state index contributed by atoms with van der Waals surface area (Å²) in [5.41, 5.74) is 0. The highest BCUT2D eigenvalue weighted by Gasteiger charge is 2.31. The summed E-state index contributed by atoms with van der Waals surface area (Å²) in [6.45, 7) is 0. The molecule has 0 saturated carbocycles. The second-order valence-electron chi connectivity index (χ2n) is 3.62. The van der Waals surface area contributed by atoms with Gasteiger partial charge in [-0.25, -0.2) is 21.1 Å². The molecule has 1 rings (SSSR count). The first-order chi connectivity index (χ1) is 6.78. The quantitative estimate of drug-likeness (QED) is 0.681. The molecule has 90 valence electrons. The molecular weight excluding hydrogens is 262 g/mol. The van der Waals surface area contributed by atoms with E-state index in [9.17, 15) is 16.8 Å². The fourth-order valence-electron chi connectivity index (χ4n) is 1.55. The molecule has 1 heterocycles. The molecule has 0 aliphatic carbocycles. The van der Waals surface area contributed by atoms with Crippen molar-refractivity contribution in [2.75, 3.05) is 23.8 Å². The van der Waals surface area contributed by atoms with Gasteiger partial charge < -0.3 is 0 Å². The summed E-state index contributed by atoms with van der Waals surface area (Å²) in [4.78, 5) is 0. The van der Waals surface area contributed by atoms with Crippen LogP contribution in [0.3, 0.4) is 0 Å².